The molecular formula is C25H39N5O5. The molecule has 0 aromatic heterocycles. The van der Waals surface area contributed by atoms with Crippen LogP contribution >= 0.6 is 0 Å². The second-order valence-corrected chi connectivity index (χ2v) is 10.8. The Kier molecular flexibility index (Phi) is 9.69. The van der Waals surface area contributed by atoms with Gasteiger partial charge in [0.15, 0.2) is 0 Å². The molecule has 0 spiro atoms. The van der Waals surface area contributed by atoms with E-state index < -0.39 is 41.6 Å². The summed E-state index contributed by atoms with van der Waals surface area (Å²) >= 11 is 0. The van der Waals surface area contributed by atoms with Gasteiger partial charge in [0.1, 0.15) is 23.7 Å². The summed E-state index contributed by atoms with van der Waals surface area (Å²) in [7, 11) is 1.53. The fraction of sp³-hybridized carbons (Fsp3) is 0.720. The summed E-state index contributed by atoms with van der Waals surface area (Å²) < 4.78 is 5.33. The van der Waals surface area contributed by atoms with Crippen molar-refractivity contribution < 1.29 is 23.9 Å². The van der Waals surface area contributed by atoms with Gasteiger partial charge in [-0.2, -0.15) is 5.26 Å². The van der Waals surface area contributed by atoms with E-state index in [4.69, 9.17) is 4.74 Å². The average molecular weight is 490 g/mol. The zero-order valence-electron chi connectivity index (χ0n) is 21.6. The number of rotatable bonds is 3. The zero-order valence-corrected chi connectivity index (χ0v) is 21.6. The Morgan fingerprint density at radius 3 is 2.43 bits per heavy atom. The first-order chi connectivity index (χ1) is 16.3. The fourth-order valence-electron chi connectivity index (χ4n) is 4.33. The molecule has 5 atom stereocenters. The van der Waals surface area contributed by atoms with E-state index >= 15 is 0 Å². The first kappa shape index (κ1) is 28.1. The second-order valence-electron chi connectivity index (χ2n) is 10.8. The van der Waals surface area contributed by atoms with Gasteiger partial charge in [-0.15, -0.1) is 0 Å². The summed E-state index contributed by atoms with van der Waals surface area (Å²) in [5.41, 5.74) is -0.738. The minimum Gasteiger partial charge on any atom is -0.444 e. The summed E-state index contributed by atoms with van der Waals surface area (Å²) in [5.74, 6) is -1.30. The normalized spacial score (nSPS) is 29.4. The first-order valence-electron chi connectivity index (χ1n) is 12.2. The lowest BCUT2D eigenvalue weighted by atomic mass is 9.95. The number of alkyl carbamates (subject to hydrolysis) is 1. The summed E-state index contributed by atoms with van der Waals surface area (Å²) in [4.78, 5) is 52.9. The molecule has 0 saturated carbocycles. The maximum Gasteiger partial charge on any atom is 0.408 e. The van der Waals surface area contributed by atoms with Crippen LogP contribution in [0.1, 0.15) is 66.7 Å². The van der Waals surface area contributed by atoms with Crippen molar-refractivity contribution in [1.82, 2.24) is 20.9 Å². The van der Waals surface area contributed by atoms with Gasteiger partial charge in [0.25, 0.3) is 0 Å². The smallest absolute Gasteiger partial charge is 0.408 e. The quantitative estimate of drug-likeness (QED) is 0.518. The highest BCUT2D eigenvalue weighted by Gasteiger charge is 2.37. The molecule has 1 fully saturated rings. The Labute approximate surface area is 207 Å². The molecular weight excluding hydrogens is 450 g/mol. The summed E-state index contributed by atoms with van der Waals surface area (Å²) in [6.07, 6.45) is 4.84. The first-order valence-corrected chi connectivity index (χ1v) is 12.2. The number of hydrogen-bond donors (Lipinski definition) is 3. The minimum absolute atomic E-state index is 0.0853. The van der Waals surface area contributed by atoms with Crippen LogP contribution in [0.4, 0.5) is 4.79 Å². The van der Waals surface area contributed by atoms with Crippen LogP contribution in [0.5, 0.6) is 0 Å². The number of carbonyl (C=O) groups is 4. The van der Waals surface area contributed by atoms with Gasteiger partial charge < -0.3 is 25.6 Å². The highest BCUT2D eigenvalue weighted by Crippen LogP contribution is 2.24. The Balaban J connectivity index is 2.36. The molecule has 0 aromatic carbocycles. The lowest BCUT2D eigenvalue weighted by Gasteiger charge is -2.32. The van der Waals surface area contributed by atoms with Gasteiger partial charge in [0, 0.05) is 19.0 Å². The molecule has 194 valence electrons. The number of nitriles is 1. The van der Waals surface area contributed by atoms with Crippen LogP contribution in [-0.2, 0) is 19.1 Å². The number of hydrogen-bond acceptors (Lipinski definition) is 6. The van der Waals surface area contributed by atoms with E-state index in [1.807, 2.05) is 19.9 Å². The van der Waals surface area contributed by atoms with Crippen LogP contribution in [0.3, 0.4) is 0 Å². The number of likely N-dealkylation sites (N-methyl/N-ethyl adjacent to an activating group) is 1. The Morgan fingerprint density at radius 1 is 1.17 bits per heavy atom. The van der Waals surface area contributed by atoms with Gasteiger partial charge in [-0.05, 0) is 58.8 Å². The number of amides is 4. The number of nitrogens with one attached hydrogen (secondary N) is 3. The summed E-state index contributed by atoms with van der Waals surface area (Å²) in [6, 6.07) is -0.656. The molecule has 2 heterocycles. The highest BCUT2D eigenvalue weighted by atomic mass is 16.6. The van der Waals surface area contributed by atoms with Gasteiger partial charge in [-0.3, -0.25) is 14.4 Å². The number of ether oxygens (including phenoxy) is 1. The van der Waals surface area contributed by atoms with Crippen molar-refractivity contribution >= 4 is 23.8 Å². The largest absolute Gasteiger partial charge is 0.444 e. The molecule has 10 heteroatoms. The van der Waals surface area contributed by atoms with Crippen molar-refractivity contribution in [2.24, 2.45) is 11.8 Å². The van der Waals surface area contributed by atoms with Crippen LogP contribution < -0.4 is 16.0 Å². The van der Waals surface area contributed by atoms with Crippen LogP contribution in [0, 0.1) is 23.2 Å². The Bertz CT molecular complexity index is 872. The monoisotopic (exact) mass is 489 g/mol. The molecule has 3 N–H and O–H groups in total. The van der Waals surface area contributed by atoms with Crippen LogP contribution in [0.2, 0.25) is 0 Å². The third kappa shape index (κ3) is 8.57. The van der Waals surface area contributed by atoms with E-state index in [1.165, 1.54) is 11.9 Å². The molecule has 2 aliphatic heterocycles. The van der Waals surface area contributed by atoms with Gasteiger partial charge >= 0.3 is 6.09 Å². The van der Waals surface area contributed by atoms with Gasteiger partial charge in [-0.1, -0.05) is 26.0 Å². The van der Waals surface area contributed by atoms with Crippen molar-refractivity contribution in [3.8, 4) is 6.07 Å². The van der Waals surface area contributed by atoms with Gasteiger partial charge in [0.2, 0.25) is 17.7 Å². The predicted octanol–water partition coefficient (Wildman–Crippen LogP) is 2.01. The Hall–Kier alpha value is -3.09. The van der Waals surface area contributed by atoms with Crippen molar-refractivity contribution in [1.29, 1.82) is 5.26 Å². The SMILES string of the molecule is CC(C)C[C@H]1C(=O)N[C@H](C#N)C[C@@H]2C[C@@H](C/C=C/C[C@H](NC(=O)OC(C)(C)C)C(=O)N1C)NC2=O. The van der Waals surface area contributed by atoms with Gasteiger partial charge in [-0.25, -0.2) is 4.79 Å². The molecule has 35 heavy (non-hydrogen) atoms. The second kappa shape index (κ2) is 12.0. The van der Waals surface area contributed by atoms with Crippen molar-refractivity contribution in [3.05, 3.63) is 12.2 Å². The number of nitrogens with zero attached hydrogens (tertiary/aromatic N) is 2. The molecule has 0 aromatic rings. The fourth-order valence-corrected chi connectivity index (χ4v) is 4.33. The molecule has 2 aliphatic rings. The zero-order chi connectivity index (χ0) is 26.3. The third-order valence-electron chi connectivity index (χ3n) is 6.04. The highest BCUT2D eigenvalue weighted by molar-refractivity contribution is 5.91. The topological polar surface area (TPSA) is 141 Å². The van der Waals surface area contributed by atoms with E-state index in [0.717, 1.165) is 0 Å². The standard InChI is InChI=1S/C25H39N5O5/c1-15(2)11-20-22(32)28-18(14-26)13-16-12-17(27-21(16)31)9-7-8-10-19(23(33)30(20)6)29-24(34)35-25(3,4)5/h7-8,15-20H,9-13H2,1-6H3,(H,27,31)(H,28,32)(H,29,34)/b8-7+/t16-,17+,18-,19-,20-/m0/s1. The lowest BCUT2D eigenvalue weighted by Crippen LogP contribution is -2.56. The summed E-state index contributed by atoms with van der Waals surface area (Å²) in [6.45, 7) is 9.06. The molecule has 2 bridgehead atoms. The number of carbonyl (C=O) groups excluding carboxylic acids is 4. The van der Waals surface area contributed by atoms with E-state index in [2.05, 4.69) is 22.0 Å². The lowest BCUT2D eigenvalue weighted by molar-refractivity contribution is -0.141. The molecule has 2 rings (SSSR count). The molecule has 10 nitrogen and oxygen atoms in total. The number of fused-ring (bicyclic) bond motifs is 2. The van der Waals surface area contributed by atoms with E-state index in [-0.39, 0.29) is 36.6 Å². The minimum atomic E-state index is -0.948. The van der Waals surface area contributed by atoms with E-state index in [9.17, 15) is 24.4 Å². The molecule has 0 unspecified atom stereocenters. The molecule has 0 aliphatic carbocycles. The third-order valence-corrected chi connectivity index (χ3v) is 6.04. The van der Waals surface area contributed by atoms with Crippen LogP contribution in [0.15, 0.2) is 12.2 Å². The van der Waals surface area contributed by atoms with Crippen LogP contribution in [0.25, 0.3) is 0 Å². The molecule has 0 radical (unpaired) electrons. The van der Waals surface area contributed by atoms with Crippen molar-refractivity contribution in [2.45, 2.75) is 96.5 Å². The maximum atomic E-state index is 13.5. The average Bonchev–Trinajstić information content (AvgIpc) is 3.09. The van der Waals surface area contributed by atoms with E-state index in [0.29, 0.717) is 19.3 Å². The Morgan fingerprint density at radius 2 is 1.83 bits per heavy atom. The maximum absolute atomic E-state index is 13.5. The molecule has 4 amide bonds. The van der Waals surface area contributed by atoms with E-state index in [1.54, 1.807) is 26.8 Å². The van der Waals surface area contributed by atoms with Crippen molar-refractivity contribution in [2.75, 3.05) is 7.05 Å². The van der Waals surface area contributed by atoms with Crippen LogP contribution in [-0.4, -0.2) is 65.5 Å². The molecule has 1 saturated heterocycles. The predicted molar refractivity (Wildman–Crippen MR) is 130 cm³/mol. The van der Waals surface area contributed by atoms with Crippen molar-refractivity contribution in [3.63, 3.8) is 0 Å². The van der Waals surface area contributed by atoms with Gasteiger partial charge in [0.05, 0.1) is 6.07 Å². The summed E-state index contributed by atoms with van der Waals surface area (Å²) in [5, 5.41) is 17.9.